The Morgan fingerprint density at radius 1 is 1.37 bits per heavy atom. The van der Waals surface area contributed by atoms with E-state index in [-0.39, 0.29) is 12.1 Å². The van der Waals surface area contributed by atoms with Gasteiger partial charge in [0.1, 0.15) is 0 Å². The van der Waals surface area contributed by atoms with Crippen LogP contribution in [0.5, 0.6) is 0 Å². The predicted molar refractivity (Wildman–Crippen MR) is 71.6 cm³/mol. The Morgan fingerprint density at radius 2 is 2.16 bits per heavy atom. The minimum Gasteiger partial charge on any atom is -0.391 e. The highest BCUT2D eigenvalue weighted by molar-refractivity contribution is 5.89. The van der Waals surface area contributed by atoms with Gasteiger partial charge in [-0.2, -0.15) is 5.26 Å². The average molecular weight is 259 g/mol. The molecule has 19 heavy (non-hydrogen) atoms. The lowest BCUT2D eigenvalue weighted by Gasteiger charge is -2.28. The zero-order valence-electron chi connectivity index (χ0n) is 10.6. The summed E-state index contributed by atoms with van der Waals surface area (Å²) in [6, 6.07) is 8.20. The van der Waals surface area contributed by atoms with Crippen molar-refractivity contribution >= 4 is 11.7 Å². The number of urea groups is 1. The normalized spacial score (nSPS) is 22.3. The molecule has 3 N–H and O–H groups in total. The maximum Gasteiger partial charge on any atom is 0.319 e. The summed E-state index contributed by atoms with van der Waals surface area (Å²) in [4.78, 5) is 11.8. The minimum atomic E-state index is -0.468. The second kappa shape index (κ2) is 6.21. The van der Waals surface area contributed by atoms with Gasteiger partial charge in [0.2, 0.25) is 0 Å². The van der Waals surface area contributed by atoms with E-state index in [1.807, 2.05) is 6.07 Å². The van der Waals surface area contributed by atoms with Gasteiger partial charge in [-0.1, -0.05) is 18.9 Å². The quantitative estimate of drug-likeness (QED) is 0.759. The van der Waals surface area contributed by atoms with Crippen LogP contribution in [0, 0.1) is 11.3 Å². The number of nitrogens with zero attached hydrogens (tertiary/aromatic N) is 1. The van der Waals surface area contributed by atoms with Gasteiger partial charge >= 0.3 is 6.03 Å². The molecule has 1 aromatic carbocycles. The van der Waals surface area contributed by atoms with Crippen molar-refractivity contribution in [3.63, 3.8) is 0 Å². The molecule has 0 radical (unpaired) electrons. The number of aliphatic hydroxyl groups is 1. The number of rotatable bonds is 2. The number of aliphatic hydroxyl groups excluding tert-OH is 1. The Hall–Kier alpha value is -2.06. The maximum atomic E-state index is 11.8. The van der Waals surface area contributed by atoms with E-state index >= 15 is 0 Å². The van der Waals surface area contributed by atoms with Crippen molar-refractivity contribution in [2.24, 2.45) is 0 Å². The second-order valence-electron chi connectivity index (χ2n) is 4.75. The Balaban J connectivity index is 1.91. The van der Waals surface area contributed by atoms with Gasteiger partial charge in [-0.05, 0) is 31.0 Å². The third kappa shape index (κ3) is 3.70. The van der Waals surface area contributed by atoms with Gasteiger partial charge < -0.3 is 15.7 Å². The average Bonchev–Trinajstić information content (AvgIpc) is 2.41. The molecule has 0 unspecified atom stereocenters. The highest BCUT2D eigenvalue weighted by Gasteiger charge is 2.24. The molecule has 0 spiro atoms. The minimum absolute atomic E-state index is 0.187. The van der Waals surface area contributed by atoms with Crippen LogP contribution in [0.2, 0.25) is 0 Å². The third-order valence-corrected chi connectivity index (χ3v) is 3.30. The van der Waals surface area contributed by atoms with E-state index in [4.69, 9.17) is 5.26 Å². The van der Waals surface area contributed by atoms with Crippen LogP contribution in [-0.2, 0) is 0 Å². The van der Waals surface area contributed by atoms with Crippen LogP contribution in [0.1, 0.15) is 31.2 Å². The van der Waals surface area contributed by atoms with E-state index in [0.29, 0.717) is 11.3 Å². The molecule has 0 aromatic heterocycles. The third-order valence-electron chi connectivity index (χ3n) is 3.30. The molecule has 100 valence electrons. The lowest BCUT2D eigenvalue weighted by atomic mass is 9.93. The smallest absolute Gasteiger partial charge is 0.319 e. The number of hydrogen-bond acceptors (Lipinski definition) is 3. The first kappa shape index (κ1) is 13.4. The number of amides is 2. The van der Waals surface area contributed by atoms with E-state index < -0.39 is 6.10 Å². The number of carbonyl (C=O) groups excluding carboxylic acids is 1. The first-order chi connectivity index (χ1) is 9.19. The number of hydrogen-bond donors (Lipinski definition) is 3. The molecule has 0 aliphatic heterocycles. The Kier molecular flexibility index (Phi) is 4.37. The van der Waals surface area contributed by atoms with Gasteiger partial charge in [0.05, 0.1) is 23.8 Å². The van der Waals surface area contributed by atoms with Gasteiger partial charge in [0, 0.05) is 5.69 Å². The molecule has 1 aliphatic carbocycles. The largest absolute Gasteiger partial charge is 0.391 e. The molecule has 2 rings (SSSR count). The van der Waals surface area contributed by atoms with Crippen LogP contribution in [0.15, 0.2) is 24.3 Å². The van der Waals surface area contributed by atoms with E-state index in [1.165, 1.54) is 0 Å². The van der Waals surface area contributed by atoms with Crippen LogP contribution in [-0.4, -0.2) is 23.3 Å². The van der Waals surface area contributed by atoms with Crippen molar-refractivity contribution in [2.75, 3.05) is 5.32 Å². The molecule has 2 atom stereocenters. The van der Waals surface area contributed by atoms with E-state index in [2.05, 4.69) is 10.6 Å². The highest BCUT2D eigenvalue weighted by Crippen LogP contribution is 2.18. The van der Waals surface area contributed by atoms with Gasteiger partial charge in [-0.3, -0.25) is 0 Å². The Morgan fingerprint density at radius 3 is 2.89 bits per heavy atom. The van der Waals surface area contributed by atoms with Crippen molar-refractivity contribution in [2.45, 2.75) is 37.8 Å². The Bertz CT molecular complexity index is 496. The topological polar surface area (TPSA) is 85.2 Å². The van der Waals surface area contributed by atoms with E-state index in [0.717, 1.165) is 25.7 Å². The maximum absolute atomic E-state index is 11.8. The number of carbonyl (C=O) groups is 1. The lowest BCUT2D eigenvalue weighted by molar-refractivity contribution is 0.0955. The summed E-state index contributed by atoms with van der Waals surface area (Å²) >= 11 is 0. The standard InChI is InChI=1S/C14H17N3O2/c15-9-10-4-3-5-11(8-10)16-14(19)17-12-6-1-2-7-13(12)18/h3-5,8,12-13,18H,1-2,6-7H2,(H2,16,17,19)/t12-,13+/m0/s1. The molecule has 5 nitrogen and oxygen atoms in total. The molecule has 1 aromatic rings. The predicted octanol–water partition coefficient (Wildman–Crippen LogP) is 1.98. The molecule has 0 bridgehead atoms. The summed E-state index contributed by atoms with van der Waals surface area (Å²) in [5, 5.41) is 24.0. The summed E-state index contributed by atoms with van der Waals surface area (Å²) in [7, 11) is 0. The fourth-order valence-electron chi connectivity index (χ4n) is 2.28. The molecule has 1 saturated carbocycles. The summed E-state index contributed by atoms with van der Waals surface area (Å²) in [5.74, 6) is 0. The Labute approximate surface area is 112 Å². The van der Waals surface area contributed by atoms with Crippen molar-refractivity contribution in [3.8, 4) is 6.07 Å². The van der Waals surface area contributed by atoms with Crippen LogP contribution >= 0.6 is 0 Å². The summed E-state index contributed by atoms with van der Waals surface area (Å²) in [6.07, 6.45) is 3.09. The fourth-order valence-corrected chi connectivity index (χ4v) is 2.28. The summed E-state index contributed by atoms with van der Waals surface area (Å²) in [5.41, 5.74) is 1.07. The van der Waals surface area contributed by atoms with Gasteiger partial charge in [0.25, 0.3) is 0 Å². The molecule has 5 heteroatoms. The SMILES string of the molecule is N#Cc1cccc(NC(=O)N[C@H]2CCCC[C@H]2O)c1. The second-order valence-corrected chi connectivity index (χ2v) is 4.75. The number of nitrogens with one attached hydrogen (secondary N) is 2. The van der Waals surface area contributed by atoms with Gasteiger partial charge in [0.15, 0.2) is 0 Å². The van der Waals surface area contributed by atoms with Crippen molar-refractivity contribution < 1.29 is 9.90 Å². The van der Waals surface area contributed by atoms with Crippen LogP contribution in [0.3, 0.4) is 0 Å². The van der Waals surface area contributed by atoms with Crippen molar-refractivity contribution in [1.29, 1.82) is 5.26 Å². The van der Waals surface area contributed by atoms with Crippen molar-refractivity contribution in [3.05, 3.63) is 29.8 Å². The highest BCUT2D eigenvalue weighted by atomic mass is 16.3. The molecule has 1 fully saturated rings. The molecule has 0 heterocycles. The molecule has 0 saturated heterocycles. The first-order valence-corrected chi connectivity index (χ1v) is 6.45. The van der Waals surface area contributed by atoms with Crippen molar-refractivity contribution in [1.82, 2.24) is 5.32 Å². The number of benzene rings is 1. The fraction of sp³-hybridized carbons (Fsp3) is 0.429. The van der Waals surface area contributed by atoms with Crippen LogP contribution < -0.4 is 10.6 Å². The van der Waals surface area contributed by atoms with E-state index in [1.54, 1.807) is 24.3 Å². The summed E-state index contributed by atoms with van der Waals surface area (Å²) in [6.45, 7) is 0. The summed E-state index contributed by atoms with van der Waals surface area (Å²) < 4.78 is 0. The van der Waals surface area contributed by atoms with Crippen LogP contribution in [0.4, 0.5) is 10.5 Å². The van der Waals surface area contributed by atoms with Crippen LogP contribution in [0.25, 0.3) is 0 Å². The molecular weight excluding hydrogens is 242 g/mol. The monoisotopic (exact) mass is 259 g/mol. The molecule has 1 aliphatic rings. The lowest BCUT2D eigenvalue weighted by Crippen LogP contribution is -2.46. The first-order valence-electron chi connectivity index (χ1n) is 6.45. The zero-order valence-corrected chi connectivity index (χ0v) is 10.6. The molecule has 2 amide bonds. The zero-order chi connectivity index (χ0) is 13.7. The van der Waals surface area contributed by atoms with E-state index in [9.17, 15) is 9.90 Å². The van der Waals surface area contributed by atoms with Gasteiger partial charge in [-0.25, -0.2) is 4.79 Å². The molecular formula is C14H17N3O2. The number of anilines is 1. The number of nitriles is 1. The van der Waals surface area contributed by atoms with Gasteiger partial charge in [-0.15, -0.1) is 0 Å².